The van der Waals surface area contributed by atoms with E-state index in [1.807, 2.05) is 6.08 Å². The Hall–Kier alpha value is -1.99. The minimum atomic E-state index is -3.26. The quantitative estimate of drug-likeness (QED) is 0.752. The van der Waals surface area contributed by atoms with Crippen molar-refractivity contribution < 1.29 is 13.2 Å². The molecule has 138 valence electrons. The van der Waals surface area contributed by atoms with E-state index in [0.29, 0.717) is 22.2 Å². The van der Waals surface area contributed by atoms with Crippen LogP contribution in [0.5, 0.6) is 0 Å². The minimum absolute atomic E-state index is 0.218. The third-order valence-electron chi connectivity index (χ3n) is 4.62. The number of hydrogen-bond donors (Lipinski definition) is 1. The molecular weight excluding hydrogens is 368 g/mol. The van der Waals surface area contributed by atoms with Crippen LogP contribution in [-0.4, -0.2) is 25.6 Å². The standard InChI is InChI=1S/C19H22N2O3S2/c1-26(23,24)16-9-7-15(8-10-16)17(11-6-14-4-2-3-5-14)18(22)21-19-20-12-13-25-19/h7-14H,2-6H2,1H3,(H,20,21,22). The average molecular weight is 391 g/mol. The second-order valence-corrected chi connectivity index (χ2v) is 9.50. The molecule has 0 radical (unpaired) electrons. The lowest BCUT2D eigenvalue weighted by Gasteiger charge is -2.11. The molecule has 7 heteroatoms. The van der Waals surface area contributed by atoms with Crippen molar-refractivity contribution in [2.24, 2.45) is 5.92 Å². The van der Waals surface area contributed by atoms with Crippen LogP contribution in [0.15, 0.2) is 46.8 Å². The molecule has 1 aliphatic carbocycles. The number of hydrogen-bond acceptors (Lipinski definition) is 5. The van der Waals surface area contributed by atoms with Crippen molar-refractivity contribution >= 4 is 37.8 Å². The van der Waals surface area contributed by atoms with Crippen LogP contribution in [0.3, 0.4) is 0 Å². The molecule has 1 heterocycles. The molecule has 1 fully saturated rings. The first kappa shape index (κ1) is 18.8. The van der Waals surface area contributed by atoms with E-state index >= 15 is 0 Å². The molecule has 3 rings (SSSR count). The maximum atomic E-state index is 12.8. The van der Waals surface area contributed by atoms with Gasteiger partial charge in [-0.25, -0.2) is 13.4 Å². The second-order valence-electron chi connectivity index (χ2n) is 6.59. The number of amides is 1. The Morgan fingerprint density at radius 2 is 1.96 bits per heavy atom. The van der Waals surface area contributed by atoms with Gasteiger partial charge in [-0.2, -0.15) is 0 Å². The van der Waals surface area contributed by atoms with Crippen LogP contribution in [0.2, 0.25) is 0 Å². The van der Waals surface area contributed by atoms with E-state index in [4.69, 9.17) is 0 Å². The number of benzene rings is 1. The van der Waals surface area contributed by atoms with E-state index in [1.165, 1.54) is 43.3 Å². The first-order chi connectivity index (χ1) is 12.4. The molecule has 0 atom stereocenters. The van der Waals surface area contributed by atoms with Gasteiger partial charge in [-0.05, 0) is 30.0 Å². The molecule has 1 saturated carbocycles. The second kappa shape index (κ2) is 8.14. The number of nitrogens with zero attached hydrogens (tertiary/aromatic N) is 1. The van der Waals surface area contributed by atoms with Crippen molar-refractivity contribution in [1.82, 2.24) is 4.98 Å². The van der Waals surface area contributed by atoms with E-state index < -0.39 is 9.84 Å². The molecule has 1 aliphatic rings. The lowest BCUT2D eigenvalue weighted by atomic mass is 9.98. The van der Waals surface area contributed by atoms with Crippen molar-refractivity contribution in [1.29, 1.82) is 0 Å². The minimum Gasteiger partial charge on any atom is -0.298 e. The van der Waals surface area contributed by atoms with Gasteiger partial charge in [0.1, 0.15) is 0 Å². The van der Waals surface area contributed by atoms with Crippen LogP contribution in [0, 0.1) is 5.92 Å². The van der Waals surface area contributed by atoms with E-state index in [9.17, 15) is 13.2 Å². The highest BCUT2D eigenvalue weighted by atomic mass is 32.2. The van der Waals surface area contributed by atoms with Gasteiger partial charge in [-0.15, -0.1) is 11.3 Å². The third kappa shape index (κ3) is 4.80. The summed E-state index contributed by atoms with van der Waals surface area (Å²) in [6, 6.07) is 6.48. The van der Waals surface area contributed by atoms with Crippen LogP contribution >= 0.6 is 11.3 Å². The zero-order valence-corrected chi connectivity index (χ0v) is 16.3. The third-order valence-corrected chi connectivity index (χ3v) is 6.44. The highest BCUT2D eigenvalue weighted by Crippen LogP contribution is 2.30. The molecule has 26 heavy (non-hydrogen) atoms. The molecular formula is C19H22N2O3S2. The number of rotatable bonds is 6. The monoisotopic (exact) mass is 390 g/mol. The van der Waals surface area contributed by atoms with Crippen molar-refractivity contribution in [3.63, 3.8) is 0 Å². The Labute approximate surface area is 158 Å². The number of carbonyl (C=O) groups excluding carboxylic acids is 1. The number of sulfone groups is 1. The molecule has 0 spiro atoms. The number of aromatic nitrogens is 1. The molecule has 0 aliphatic heterocycles. The molecule has 5 nitrogen and oxygen atoms in total. The van der Waals surface area contributed by atoms with Gasteiger partial charge < -0.3 is 0 Å². The van der Waals surface area contributed by atoms with Crippen LogP contribution in [0.1, 0.15) is 37.7 Å². The number of anilines is 1. The SMILES string of the molecule is CS(=O)(=O)c1ccc(C(=CCC2CCCC2)C(=O)Nc2nccs2)cc1. The van der Waals surface area contributed by atoms with E-state index in [0.717, 1.165) is 6.42 Å². The van der Waals surface area contributed by atoms with Crippen LogP contribution in [0.4, 0.5) is 5.13 Å². The van der Waals surface area contributed by atoms with Crippen molar-refractivity contribution in [2.45, 2.75) is 37.0 Å². The van der Waals surface area contributed by atoms with E-state index in [1.54, 1.807) is 35.8 Å². The van der Waals surface area contributed by atoms with Gasteiger partial charge in [0.05, 0.1) is 4.90 Å². The van der Waals surface area contributed by atoms with Crippen molar-refractivity contribution in [3.05, 3.63) is 47.5 Å². The van der Waals surface area contributed by atoms with Gasteiger partial charge in [-0.1, -0.05) is 43.9 Å². The molecule has 0 bridgehead atoms. The molecule has 0 unspecified atom stereocenters. The zero-order chi connectivity index (χ0) is 18.6. The fourth-order valence-corrected chi connectivity index (χ4v) is 4.36. The van der Waals surface area contributed by atoms with Crippen LogP contribution in [0.25, 0.3) is 5.57 Å². The number of nitrogens with one attached hydrogen (secondary N) is 1. The maximum absolute atomic E-state index is 12.8. The molecule has 2 aromatic rings. The highest BCUT2D eigenvalue weighted by Gasteiger charge is 2.18. The number of thiazole rings is 1. The lowest BCUT2D eigenvalue weighted by Crippen LogP contribution is -2.14. The summed E-state index contributed by atoms with van der Waals surface area (Å²) in [7, 11) is -3.26. The summed E-state index contributed by atoms with van der Waals surface area (Å²) in [5.74, 6) is 0.401. The van der Waals surface area contributed by atoms with E-state index in [-0.39, 0.29) is 10.8 Å². The first-order valence-corrected chi connectivity index (χ1v) is 11.4. The highest BCUT2D eigenvalue weighted by molar-refractivity contribution is 7.90. The fraction of sp³-hybridized carbons (Fsp3) is 0.368. The summed E-state index contributed by atoms with van der Waals surface area (Å²) >= 11 is 1.36. The summed E-state index contributed by atoms with van der Waals surface area (Å²) in [6.45, 7) is 0. The van der Waals surface area contributed by atoms with Gasteiger partial charge in [0.15, 0.2) is 15.0 Å². The summed E-state index contributed by atoms with van der Waals surface area (Å²) in [4.78, 5) is 17.1. The fourth-order valence-electron chi connectivity index (χ4n) is 3.20. The summed E-state index contributed by atoms with van der Waals surface area (Å²) < 4.78 is 23.3. The summed E-state index contributed by atoms with van der Waals surface area (Å²) in [5.41, 5.74) is 1.27. The Morgan fingerprint density at radius 1 is 1.27 bits per heavy atom. The normalized spacial score (nSPS) is 16.0. The Bertz CT molecular complexity index is 879. The Balaban J connectivity index is 1.86. The zero-order valence-electron chi connectivity index (χ0n) is 14.6. The Kier molecular flexibility index (Phi) is 5.88. The maximum Gasteiger partial charge on any atom is 0.257 e. The van der Waals surface area contributed by atoms with Gasteiger partial charge in [-0.3, -0.25) is 10.1 Å². The molecule has 0 saturated heterocycles. The van der Waals surface area contributed by atoms with E-state index in [2.05, 4.69) is 10.3 Å². The van der Waals surface area contributed by atoms with Gasteiger partial charge >= 0.3 is 0 Å². The number of allylic oxidation sites excluding steroid dienone is 1. The number of carbonyl (C=O) groups is 1. The molecule has 1 amide bonds. The molecule has 1 aromatic heterocycles. The predicted octanol–water partition coefficient (Wildman–Crippen LogP) is 4.15. The van der Waals surface area contributed by atoms with Gasteiger partial charge in [0.25, 0.3) is 5.91 Å². The predicted molar refractivity (Wildman–Crippen MR) is 105 cm³/mol. The van der Waals surface area contributed by atoms with Crippen molar-refractivity contribution in [2.75, 3.05) is 11.6 Å². The largest absolute Gasteiger partial charge is 0.298 e. The lowest BCUT2D eigenvalue weighted by molar-refractivity contribution is -0.111. The summed E-state index contributed by atoms with van der Waals surface area (Å²) in [5, 5.41) is 5.18. The average Bonchev–Trinajstić information content (AvgIpc) is 3.28. The van der Waals surface area contributed by atoms with Crippen LogP contribution < -0.4 is 5.32 Å². The Morgan fingerprint density at radius 3 is 2.54 bits per heavy atom. The van der Waals surface area contributed by atoms with Crippen molar-refractivity contribution in [3.8, 4) is 0 Å². The summed E-state index contributed by atoms with van der Waals surface area (Å²) in [6.07, 6.45) is 10.6. The first-order valence-electron chi connectivity index (χ1n) is 8.65. The molecule has 1 N–H and O–H groups in total. The molecule has 1 aromatic carbocycles. The van der Waals surface area contributed by atoms with Gasteiger partial charge in [0.2, 0.25) is 0 Å². The van der Waals surface area contributed by atoms with Gasteiger partial charge in [0, 0.05) is 23.4 Å². The topological polar surface area (TPSA) is 76.1 Å². The smallest absolute Gasteiger partial charge is 0.257 e. The van der Waals surface area contributed by atoms with Crippen LogP contribution in [-0.2, 0) is 14.6 Å².